The standard InChI is InChI=1S/C27H33FN4O3S/c1-17(32(16-33)14-20(30-2)7-6-12-29)21-8-5-9-22-24(26(27(34)35)31-25(21)22)18-10-11-19(15-36(3)4)23(28)13-18/h5,8-11,13-14,16-17,30-31H,3,6-7,12,15,29H2,1-2,4H3,(H,34,35)/b20-14-. The van der Waals surface area contributed by atoms with Gasteiger partial charge in [-0.1, -0.05) is 36.2 Å². The number of aromatic amines is 1. The van der Waals surface area contributed by atoms with E-state index < -0.39 is 12.0 Å². The molecule has 0 aliphatic heterocycles. The number of halogens is 1. The first-order valence-electron chi connectivity index (χ1n) is 11.6. The van der Waals surface area contributed by atoms with E-state index >= 15 is 0 Å². The lowest BCUT2D eigenvalue weighted by Crippen LogP contribution is -2.23. The third kappa shape index (κ3) is 5.85. The molecule has 0 spiro atoms. The summed E-state index contributed by atoms with van der Waals surface area (Å²) in [4.78, 5) is 28.8. The van der Waals surface area contributed by atoms with Crippen molar-refractivity contribution in [3.05, 3.63) is 70.9 Å². The third-order valence-electron chi connectivity index (χ3n) is 6.12. The van der Waals surface area contributed by atoms with Crippen LogP contribution >= 0.6 is 10.5 Å². The molecule has 3 aromatic rings. The first-order chi connectivity index (χ1) is 17.2. The average molecular weight is 513 g/mol. The molecular weight excluding hydrogens is 479 g/mol. The fourth-order valence-corrected chi connectivity index (χ4v) is 5.02. The van der Waals surface area contributed by atoms with E-state index in [1.807, 2.05) is 25.3 Å². The van der Waals surface area contributed by atoms with Gasteiger partial charge < -0.3 is 26.0 Å². The number of nitrogens with zero attached hydrogens (tertiary/aromatic N) is 1. The summed E-state index contributed by atoms with van der Waals surface area (Å²) < 4.78 is 14.9. The quantitative estimate of drug-likeness (QED) is 0.205. The molecule has 0 fully saturated rings. The molecule has 0 bridgehead atoms. The Hall–Kier alpha value is -3.43. The topological polar surface area (TPSA) is 111 Å². The Bertz CT molecular complexity index is 1320. The number of carbonyl (C=O) groups excluding carboxylic acids is 1. The van der Waals surface area contributed by atoms with Crippen LogP contribution < -0.4 is 11.1 Å². The highest BCUT2D eigenvalue weighted by Crippen LogP contribution is 2.37. The molecule has 0 radical (unpaired) electrons. The monoisotopic (exact) mass is 512 g/mol. The van der Waals surface area contributed by atoms with E-state index in [9.17, 15) is 19.1 Å². The van der Waals surface area contributed by atoms with E-state index in [0.29, 0.717) is 46.3 Å². The summed E-state index contributed by atoms with van der Waals surface area (Å²) in [7, 11) is 1.57. The van der Waals surface area contributed by atoms with Crippen molar-refractivity contribution in [2.75, 3.05) is 19.8 Å². The van der Waals surface area contributed by atoms with Crippen LogP contribution in [0.3, 0.4) is 0 Å². The van der Waals surface area contributed by atoms with Crippen LogP contribution in [0.5, 0.6) is 0 Å². The Morgan fingerprint density at radius 2 is 2.11 bits per heavy atom. The number of aromatic nitrogens is 1. The molecule has 0 saturated heterocycles. The van der Waals surface area contributed by atoms with E-state index in [1.165, 1.54) is 11.0 Å². The van der Waals surface area contributed by atoms with Gasteiger partial charge in [-0.15, -0.1) is 0 Å². The number of nitrogens with one attached hydrogen (secondary N) is 2. The molecule has 3 rings (SSSR count). The number of H-pyrrole nitrogens is 1. The van der Waals surface area contributed by atoms with Gasteiger partial charge in [0.25, 0.3) is 0 Å². The number of fused-ring (bicyclic) bond motifs is 1. The number of carboxylic acid groups (broad SMARTS) is 1. The van der Waals surface area contributed by atoms with E-state index in [0.717, 1.165) is 24.1 Å². The maximum Gasteiger partial charge on any atom is 0.352 e. The maximum atomic E-state index is 14.9. The molecule has 2 unspecified atom stereocenters. The fourth-order valence-electron chi connectivity index (χ4n) is 4.25. The third-order valence-corrected chi connectivity index (χ3v) is 6.92. The first kappa shape index (κ1) is 27.2. The number of carboxylic acids is 1. The number of hydrogen-bond acceptors (Lipinski definition) is 4. The number of rotatable bonds is 12. The zero-order valence-electron chi connectivity index (χ0n) is 20.8. The van der Waals surface area contributed by atoms with Gasteiger partial charge in [-0.3, -0.25) is 4.79 Å². The zero-order valence-corrected chi connectivity index (χ0v) is 21.6. The Morgan fingerprint density at radius 1 is 1.36 bits per heavy atom. The number of carbonyl (C=O) groups is 2. The molecule has 1 heterocycles. The van der Waals surface area contributed by atoms with E-state index in [1.54, 1.807) is 31.4 Å². The second kappa shape index (κ2) is 12.0. The number of allylic oxidation sites excluding steroid dienone is 1. The maximum absolute atomic E-state index is 14.9. The van der Waals surface area contributed by atoms with Crippen LogP contribution in [0, 0.1) is 5.82 Å². The Morgan fingerprint density at radius 3 is 2.69 bits per heavy atom. The molecule has 7 nitrogen and oxygen atoms in total. The van der Waals surface area contributed by atoms with Crippen LogP contribution in [0.15, 0.2) is 48.3 Å². The summed E-state index contributed by atoms with van der Waals surface area (Å²) in [5.74, 6) is 2.92. The van der Waals surface area contributed by atoms with Crippen LogP contribution in [0.2, 0.25) is 0 Å². The number of amides is 1. The highest BCUT2D eigenvalue weighted by atomic mass is 32.2. The summed E-state index contributed by atoms with van der Waals surface area (Å²) in [5.41, 5.74) is 9.20. The fraction of sp³-hybridized carbons (Fsp3) is 0.296. The second-order valence-corrected chi connectivity index (χ2v) is 10.6. The van der Waals surface area contributed by atoms with Crippen LogP contribution in [-0.2, 0) is 10.5 Å². The van der Waals surface area contributed by atoms with Crippen molar-refractivity contribution in [3.63, 3.8) is 0 Å². The summed E-state index contributed by atoms with van der Waals surface area (Å²) >= 11 is 0. The van der Waals surface area contributed by atoms with Gasteiger partial charge in [-0.2, -0.15) is 10.5 Å². The summed E-state index contributed by atoms with van der Waals surface area (Å²) in [6.45, 7) is 2.40. The predicted octanol–water partition coefficient (Wildman–Crippen LogP) is 4.82. The minimum atomic E-state index is -1.15. The molecule has 0 saturated carbocycles. The Kier molecular flexibility index (Phi) is 9.06. The van der Waals surface area contributed by atoms with Crippen LogP contribution in [-0.4, -0.2) is 53.1 Å². The lowest BCUT2D eigenvalue weighted by atomic mass is 9.97. The molecule has 0 aliphatic carbocycles. The van der Waals surface area contributed by atoms with Gasteiger partial charge in [0.2, 0.25) is 6.41 Å². The molecule has 2 atom stereocenters. The molecule has 5 N–H and O–H groups in total. The molecule has 192 valence electrons. The lowest BCUT2D eigenvalue weighted by molar-refractivity contribution is -0.117. The largest absolute Gasteiger partial charge is 0.477 e. The Balaban J connectivity index is 2.13. The van der Waals surface area contributed by atoms with Crippen molar-refractivity contribution in [1.82, 2.24) is 15.2 Å². The average Bonchev–Trinajstić information content (AvgIpc) is 3.25. The lowest BCUT2D eigenvalue weighted by Gasteiger charge is -2.24. The number of benzene rings is 2. The van der Waals surface area contributed by atoms with Crippen LogP contribution in [0.25, 0.3) is 22.0 Å². The van der Waals surface area contributed by atoms with Gasteiger partial charge in [0.15, 0.2) is 0 Å². The smallest absolute Gasteiger partial charge is 0.352 e. The molecule has 0 aliphatic rings. The minimum Gasteiger partial charge on any atom is -0.477 e. The molecule has 1 amide bonds. The van der Waals surface area contributed by atoms with Gasteiger partial charge >= 0.3 is 5.97 Å². The van der Waals surface area contributed by atoms with Gasteiger partial charge in [0.05, 0.1) is 11.6 Å². The van der Waals surface area contributed by atoms with E-state index in [4.69, 9.17) is 5.73 Å². The molecule has 2 aromatic carbocycles. The SMILES string of the molecule is C=S(C)Cc1ccc(-c2c(C(=O)O)[nH]c3c(C(C)N(C=O)/C=C(/CCCN)NC)cccc23)cc1F. The number of aromatic carboxylic acids is 1. The van der Waals surface area contributed by atoms with Crippen molar-refractivity contribution in [2.24, 2.45) is 5.73 Å². The van der Waals surface area contributed by atoms with Gasteiger partial charge in [-0.25, -0.2) is 9.18 Å². The predicted molar refractivity (Wildman–Crippen MR) is 147 cm³/mol. The summed E-state index contributed by atoms with van der Waals surface area (Å²) in [5, 5.41) is 13.7. The normalized spacial score (nSPS) is 13.4. The molecule has 9 heteroatoms. The van der Waals surface area contributed by atoms with Crippen molar-refractivity contribution >= 4 is 39.6 Å². The van der Waals surface area contributed by atoms with Crippen LogP contribution in [0.4, 0.5) is 4.39 Å². The van der Waals surface area contributed by atoms with E-state index in [-0.39, 0.29) is 22.0 Å². The number of nitrogens with two attached hydrogens (primary N) is 1. The number of para-hydroxylation sites is 1. The van der Waals surface area contributed by atoms with Crippen LogP contribution in [0.1, 0.15) is 47.4 Å². The van der Waals surface area contributed by atoms with E-state index in [2.05, 4.69) is 16.2 Å². The summed E-state index contributed by atoms with van der Waals surface area (Å²) in [6, 6.07) is 9.87. The molecule has 36 heavy (non-hydrogen) atoms. The van der Waals surface area contributed by atoms with Gasteiger partial charge in [-0.05, 0) is 55.3 Å². The second-order valence-electron chi connectivity index (χ2n) is 8.71. The zero-order chi connectivity index (χ0) is 26.4. The molecular formula is C27H33FN4O3S. The van der Waals surface area contributed by atoms with Crippen molar-refractivity contribution in [1.29, 1.82) is 0 Å². The minimum absolute atomic E-state index is 0.0312. The Labute approximate surface area is 213 Å². The van der Waals surface area contributed by atoms with Crippen molar-refractivity contribution in [2.45, 2.75) is 31.6 Å². The highest BCUT2D eigenvalue weighted by Gasteiger charge is 2.24. The highest BCUT2D eigenvalue weighted by molar-refractivity contribution is 8.12. The van der Waals surface area contributed by atoms with Crippen molar-refractivity contribution < 1.29 is 19.1 Å². The van der Waals surface area contributed by atoms with Gasteiger partial charge in [0.1, 0.15) is 11.5 Å². The van der Waals surface area contributed by atoms with Gasteiger partial charge in [0, 0.05) is 35.6 Å². The number of hydrogen-bond donors (Lipinski definition) is 4. The summed E-state index contributed by atoms with van der Waals surface area (Å²) in [6.07, 6.45) is 5.89. The van der Waals surface area contributed by atoms with Crippen molar-refractivity contribution in [3.8, 4) is 11.1 Å². The molecule has 1 aromatic heterocycles. The first-order valence-corrected chi connectivity index (χ1v) is 13.6.